The summed E-state index contributed by atoms with van der Waals surface area (Å²) in [5, 5.41) is 2.91. The first kappa shape index (κ1) is 17.5. The van der Waals surface area contributed by atoms with Crippen LogP contribution in [0.4, 0.5) is 5.69 Å². The van der Waals surface area contributed by atoms with E-state index in [1.54, 1.807) is 31.2 Å². The lowest BCUT2D eigenvalue weighted by atomic mass is 9.92. The molecular weight excluding hydrogens is 292 g/mol. The highest BCUT2D eigenvalue weighted by Gasteiger charge is 2.26. The molecule has 1 aliphatic heterocycles. The van der Waals surface area contributed by atoms with Crippen LogP contribution in [0.15, 0.2) is 24.3 Å². The molecule has 2 N–H and O–H groups in total. The molecule has 5 nitrogen and oxygen atoms in total. The monoisotopic (exact) mass is 319 g/mol. The summed E-state index contributed by atoms with van der Waals surface area (Å²) in [4.78, 5) is 25.1. The molecule has 3 atom stereocenters. The zero-order valence-electron chi connectivity index (χ0n) is 14.2. The molecule has 126 valence electrons. The molecule has 2 rings (SSSR count). The van der Waals surface area contributed by atoms with E-state index < -0.39 is 0 Å². The summed E-state index contributed by atoms with van der Waals surface area (Å²) in [5.41, 5.74) is 1.20. The van der Waals surface area contributed by atoms with Gasteiger partial charge >= 0.3 is 5.97 Å². The van der Waals surface area contributed by atoms with E-state index in [0.29, 0.717) is 36.2 Å². The SMILES string of the molecule is CCOC(=O)c1ccc(NC(=O)C[NH+]2C[C@H](C)C[C@H](C)C2)cc1. The minimum absolute atomic E-state index is 0.0187. The van der Waals surface area contributed by atoms with Gasteiger partial charge in [0.05, 0.1) is 25.3 Å². The number of piperidine rings is 1. The predicted molar refractivity (Wildman–Crippen MR) is 89.5 cm³/mol. The normalized spacial score (nSPS) is 24.0. The number of carbonyl (C=O) groups is 2. The fraction of sp³-hybridized carbons (Fsp3) is 0.556. The number of nitrogens with one attached hydrogen (secondary N) is 2. The third kappa shape index (κ3) is 5.36. The maximum Gasteiger partial charge on any atom is 0.338 e. The Labute approximate surface area is 138 Å². The first-order valence-electron chi connectivity index (χ1n) is 8.38. The van der Waals surface area contributed by atoms with Crippen LogP contribution >= 0.6 is 0 Å². The number of ether oxygens (including phenoxy) is 1. The van der Waals surface area contributed by atoms with Crippen molar-refractivity contribution in [1.29, 1.82) is 0 Å². The van der Waals surface area contributed by atoms with Gasteiger partial charge in [-0.1, -0.05) is 13.8 Å². The van der Waals surface area contributed by atoms with Crippen molar-refractivity contribution in [1.82, 2.24) is 0 Å². The van der Waals surface area contributed by atoms with Crippen molar-refractivity contribution in [2.45, 2.75) is 27.2 Å². The van der Waals surface area contributed by atoms with Crippen LogP contribution < -0.4 is 10.2 Å². The standard InChI is InChI=1S/C18H26N2O3/c1-4-23-18(22)15-5-7-16(8-6-15)19-17(21)12-20-10-13(2)9-14(3)11-20/h5-8,13-14H,4,9-12H2,1-3H3,(H,19,21)/p+1/t13-,14+. The van der Waals surface area contributed by atoms with E-state index in [1.165, 1.54) is 11.3 Å². The lowest BCUT2D eigenvalue weighted by molar-refractivity contribution is -0.904. The molecule has 0 bridgehead atoms. The Kier molecular flexibility index (Phi) is 6.16. The van der Waals surface area contributed by atoms with Crippen LogP contribution in [-0.4, -0.2) is 38.1 Å². The zero-order chi connectivity index (χ0) is 16.8. The number of amides is 1. The van der Waals surface area contributed by atoms with Crippen LogP contribution in [0.25, 0.3) is 0 Å². The molecule has 1 saturated heterocycles. The van der Waals surface area contributed by atoms with Crippen LogP contribution in [0.3, 0.4) is 0 Å². The van der Waals surface area contributed by atoms with Gasteiger partial charge in [-0.05, 0) is 37.6 Å². The number of carbonyl (C=O) groups excluding carboxylic acids is 2. The Bertz CT molecular complexity index is 532. The van der Waals surface area contributed by atoms with Crippen LogP contribution in [0, 0.1) is 11.8 Å². The van der Waals surface area contributed by atoms with Crippen molar-refractivity contribution in [3.8, 4) is 0 Å². The summed E-state index contributed by atoms with van der Waals surface area (Å²) in [6.45, 7) is 9.24. The summed E-state index contributed by atoms with van der Waals surface area (Å²) >= 11 is 0. The molecule has 0 spiro atoms. The molecule has 1 amide bonds. The number of rotatable bonds is 5. The van der Waals surface area contributed by atoms with Crippen molar-refractivity contribution >= 4 is 17.6 Å². The molecular formula is C18H27N2O3+. The summed E-state index contributed by atoms with van der Waals surface area (Å²) in [7, 11) is 0. The molecule has 1 heterocycles. The quantitative estimate of drug-likeness (QED) is 0.806. The third-order valence-corrected chi connectivity index (χ3v) is 4.17. The fourth-order valence-corrected chi connectivity index (χ4v) is 3.40. The molecule has 1 aromatic carbocycles. The number of likely N-dealkylation sites (tertiary alicyclic amines) is 1. The van der Waals surface area contributed by atoms with E-state index in [9.17, 15) is 9.59 Å². The van der Waals surface area contributed by atoms with Crippen LogP contribution in [0.2, 0.25) is 0 Å². The Morgan fingerprint density at radius 3 is 2.35 bits per heavy atom. The summed E-state index contributed by atoms with van der Waals surface area (Å²) in [6.07, 6.45) is 1.25. The van der Waals surface area contributed by atoms with Crippen molar-refractivity contribution in [2.75, 3.05) is 31.6 Å². The molecule has 1 aliphatic rings. The smallest absolute Gasteiger partial charge is 0.338 e. The highest BCUT2D eigenvalue weighted by Crippen LogP contribution is 2.12. The van der Waals surface area contributed by atoms with Gasteiger partial charge in [0.15, 0.2) is 6.54 Å². The highest BCUT2D eigenvalue weighted by atomic mass is 16.5. The van der Waals surface area contributed by atoms with Gasteiger partial charge < -0.3 is 15.0 Å². The number of hydrogen-bond acceptors (Lipinski definition) is 3. The summed E-state index contributed by atoms with van der Waals surface area (Å²) in [5.74, 6) is 1.02. The molecule has 5 heteroatoms. The molecule has 0 aromatic heterocycles. The molecule has 1 fully saturated rings. The minimum Gasteiger partial charge on any atom is -0.462 e. The van der Waals surface area contributed by atoms with Crippen molar-refractivity contribution in [2.24, 2.45) is 11.8 Å². The number of anilines is 1. The van der Waals surface area contributed by atoms with E-state index in [0.717, 1.165) is 13.1 Å². The molecule has 1 unspecified atom stereocenters. The Hall–Kier alpha value is -1.88. The minimum atomic E-state index is -0.342. The Balaban J connectivity index is 1.86. The van der Waals surface area contributed by atoms with Gasteiger partial charge in [0.25, 0.3) is 5.91 Å². The molecule has 0 saturated carbocycles. The van der Waals surface area contributed by atoms with Gasteiger partial charge in [-0.2, -0.15) is 0 Å². The first-order valence-corrected chi connectivity index (χ1v) is 8.38. The number of esters is 1. The van der Waals surface area contributed by atoms with Gasteiger partial charge in [0.1, 0.15) is 0 Å². The van der Waals surface area contributed by atoms with Crippen LogP contribution in [0.5, 0.6) is 0 Å². The Morgan fingerprint density at radius 1 is 1.17 bits per heavy atom. The van der Waals surface area contributed by atoms with Crippen molar-refractivity contribution in [3.05, 3.63) is 29.8 Å². The maximum absolute atomic E-state index is 12.2. The van der Waals surface area contributed by atoms with Gasteiger partial charge in [-0.25, -0.2) is 4.79 Å². The second kappa shape index (κ2) is 8.11. The highest BCUT2D eigenvalue weighted by molar-refractivity contribution is 5.93. The average molecular weight is 319 g/mol. The topological polar surface area (TPSA) is 59.8 Å². The molecule has 0 radical (unpaired) electrons. The average Bonchev–Trinajstić information content (AvgIpc) is 2.47. The predicted octanol–water partition coefficient (Wildman–Crippen LogP) is 1.36. The van der Waals surface area contributed by atoms with Gasteiger partial charge in [-0.15, -0.1) is 0 Å². The van der Waals surface area contributed by atoms with Crippen molar-refractivity contribution in [3.63, 3.8) is 0 Å². The van der Waals surface area contributed by atoms with Crippen LogP contribution in [-0.2, 0) is 9.53 Å². The van der Waals surface area contributed by atoms with E-state index >= 15 is 0 Å². The summed E-state index contributed by atoms with van der Waals surface area (Å²) in [6, 6.07) is 6.82. The fourth-order valence-electron chi connectivity index (χ4n) is 3.40. The van der Waals surface area contributed by atoms with E-state index in [2.05, 4.69) is 19.2 Å². The van der Waals surface area contributed by atoms with Gasteiger partial charge in [0, 0.05) is 17.5 Å². The second-order valence-corrected chi connectivity index (χ2v) is 6.63. The zero-order valence-corrected chi connectivity index (χ0v) is 14.2. The largest absolute Gasteiger partial charge is 0.462 e. The van der Waals surface area contributed by atoms with E-state index in [1.807, 2.05) is 0 Å². The lowest BCUT2D eigenvalue weighted by Crippen LogP contribution is -3.15. The maximum atomic E-state index is 12.2. The Morgan fingerprint density at radius 2 is 1.78 bits per heavy atom. The number of quaternary nitrogens is 1. The molecule has 0 aliphatic carbocycles. The van der Waals surface area contributed by atoms with E-state index in [4.69, 9.17) is 4.74 Å². The second-order valence-electron chi connectivity index (χ2n) is 6.63. The van der Waals surface area contributed by atoms with Crippen LogP contribution in [0.1, 0.15) is 37.6 Å². The van der Waals surface area contributed by atoms with Gasteiger partial charge in [-0.3, -0.25) is 4.79 Å². The molecule has 23 heavy (non-hydrogen) atoms. The van der Waals surface area contributed by atoms with Crippen molar-refractivity contribution < 1.29 is 19.2 Å². The third-order valence-electron chi connectivity index (χ3n) is 4.17. The van der Waals surface area contributed by atoms with E-state index in [-0.39, 0.29) is 11.9 Å². The first-order chi connectivity index (χ1) is 11.0. The number of hydrogen-bond donors (Lipinski definition) is 2. The van der Waals surface area contributed by atoms with Gasteiger partial charge in [0.2, 0.25) is 0 Å². The molecule has 1 aromatic rings. The number of benzene rings is 1. The lowest BCUT2D eigenvalue weighted by Gasteiger charge is -2.31. The summed E-state index contributed by atoms with van der Waals surface area (Å²) < 4.78 is 4.94.